The fourth-order valence-corrected chi connectivity index (χ4v) is 1.61. The van der Waals surface area contributed by atoms with Crippen molar-refractivity contribution < 1.29 is 9.63 Å². The third-order valence-electron chi connectivity index (χ3n) is 1.97. The van der Waals surface area contributed by atoms with Crippen LogP contribution in [0, 0.1) is 0 Å². The van der Waals surface area contributed by atoms with Crippen LogP contribution >= 0.6 is 23.2 Å². The average molecular weight is 275 g/mol. The number of aliphatic hydroxyl groups is 1. The zero-order valence-corrected chi connectivity index (χ0v) is 9.98. The molecule has 6 nitrogen and oxygen atoms in total. The summed E-state index contributed by atoms with van der Waals surface area (Å²) >= 11 is 11.6. The highest BCUT2D eigenvalue weighted by molar-refractivity contribution is 6.35. The summed E-state index contributed by atoms with van der Waals surface area (Å²) in [5.74, 6) is 0.199. The maximum Gasteiger partial charge on any atom is 0.257 e. The average Bonchev–Trinajstić information content (AvgIpc) is 2.77. The van der Waals surface area contributed by atoms with E-state index in [1.807, 2.05) is 0 Å². The normalized spacial score (nSPS) is 12.7. The molecule has 2 rings (SSSR count). The third kappa shape index (κ3) is 2.55. The van der Waals surface area contributed by atoms with Gasteiger partial charge in [0.05, 0.1) is 10.0 Å². The molecule has 2 heterocycles. The Bertz CT molecular complexity index is 531. The van der Waals surface area contributed by atoms with Gasteiger partial charge in [-0.1, -0.05) is 28.4 Å². The molecule has 1 atom stereocenters. The van der Waals surface area contributed by atoms with Crippen molar-refractivity contribution in [2.75, 3.05) is 6.54 Å². The number of aliphatic hydroxyl groups excluding tert-OH is 1. The predicted molar refractivity (Wildman–Crippen MR) is 61.6 cm³/mol. The summed E-state index contributed by atoms with van der Waals surface area (Å²) in [7, 11) is 0. The van der Waals surface area contributed by atoms with Gasteiger partial charge in [-0.2, -0.15) is 4.98 Å². The monoisotopic (exact) mass is 274 g/mol. The Labute approximate surface area is 106 Å². The topological polar surface area (TPSA) is 98.1 Å². The first-order valence-electron chi connectivity index (χ1n) is 4.65. The molecule has 8 heteroatoms. The molecule has 0 saturated carbocycles. The van der Waals surface area contributed by atoms with E-state index in [9.17, 15) is 5.11 Å². The van der Waals surface area contributed by atoms with Crippen LogP contribution in [-0.2, 0) is 0 Å². The van der Waals surface area contributed by atoms with Gasteiger partial charge in [-0.3, -0.25) is 0 Å². The fourth-order valence-electron chi connectivity index (χ4n) is 1.15. The van der Waals surface area contributed by atoms with Crippen LogP contribution in [0.25, 0.3) is 11.5 Å². The van der Waals surface area contributed by atoms with Crippen molar-refractivity contribution in [2.24, 2.45) is 5.73 Å². The first-order valence-corrected chi connectivity index (χ1v) is 5.40. The maximum absolute atomic E-state index is 9.41. The van der Waals surface area contributed by atoms with Crippen molar-refractivity contribution in [3.05, 3.63) is 28.2 Å². The number of rotatable bonds is 3. The molecule has 0 spiro atoms. The molecule has 2 aromatic rings. The second-order valence-electron chi connectivity index (χ2n) is 3.19. The van der Waals surface area contributed by atoms with Crippen LogP contribution < -0.4 is 5.73 Å². The zero-order chi connectivity index (χ0) is 12.4. The Morgan fingerprint density at radius 2 is 2.24 bits per heavy atom. The number of nitrogens with zero attached hydrogens (tertiary/aromatic N) is 3. The molecule has 3 N–H and O–H groups in total. The summed E-state index contributed by atoms with van der Waals surface area (Å²) in [6.45, 7) is -0.0105. The summed E-state index contributed by atoms with van der Waals surface area (Å²) < 4.78 is 4.83. The fraction of sp³-hybridized carbons (Fsp3) is 0.222. The van der Waals surface area contributed by atoms with Crippen molar-refractivity contribution in [2.45, 2.75) is 6.10 Å². The van der Waals surface area contributed by atoms with Gasteiger partial charge in [0.1, 0.15) is 11.8 Å². The molecule has 0 radical (unpaired) electrons. The van der Waals surface area contributed by atoms with Gasteiger partial charge in [-0.15, -0.1) is 0 Å². The van der Waals surface area contributed by atoms with Crippen molar-refractivity contribution in [1.29, 1.82) is 0 Å². The number of halogens is 2. The molecular weight excluding hydrogens is 267 g/mol. The number of nitrogens with two attached hydrogens (primary N) is 1. The zero-order valence-electron chi connectivity index (χ0n) is 8.47. The largest absolute Gasteiger partial charge is 0.382 e. The summed E-state index contributed by atoms with van der Waals surface area (Å²) in [6, 6.07) is 1.51. The van der Waals surface area contributed by atoms with Gasteiger partial charge in [0, 0.05) is 12.7 Å². The Kier molecular flexibility index (Phi) is 3.58. The van der Waals surface area contributed by atoms with E-state index >= 15 is 0 Å². The third-order valence-corrected chi connectivity index (χ3v) is 2.46. The van der Waals surface area contributed by atoms with E-state index < -0.39 is 6.10 Å². The van der Waals surface area contributed by atoms with Crippen molar-refractivity contribution in [3.8, 4) is 11.5 Å². The summed E-state index contributed by atoms with van der Waals surface area (Å²) in [4.78, 5) is 7.93. The molecule has 0 unspecified atom stereocenters. The molecule has 17 heavy (non-hydrogen) atoms. The van der Waals surface area contributed by atoms with Crippen LogP contribution in [-0.4, -0.2) is 26.8 Å². The minimum Gasteiger partial charge on any atom is -0.382 e. The van der Waals surface area contributed by atoms with Gasteiger partial charge in [0.25, 0.3) is 5.89 Å². The SMILES string of the molecule is NC[C@H](O)c1nc(-c2ncc(Cl)cc2Cl)no1. The predicted octanol–water partition coefficient (Wildman–Crippen LogP) is 1.43. The second-order valence-corrected chi connectivity index (χ2v) is 4.04. The van der Waals surface area contributed by atoms with Crippen LogP contribution in [0.3, 0.4) is 0 Å². The maximum atomic E-state index is 9.41. The highest BCUT2D eigenvalue weighted by Crippen LogP contribution is 2.26. The number of aromatic nitrogens is 3. The molecule has 0 aromatic carbocycles. The van der Waals surface area contributed by atoms with Crippen molar-refractivity contribution >= 4 is 23.2 Å². The van der Waals surface area contributed by atoms with E-state index in [1.165, 1.54) is 12.3 Å². The number of pyridine rings is 1. The molecular formula is C9H8Cl2N4O2. The van der Waals surface area contributed by atoms with E-state index in [2.05, 4.69) is 15.1 Å². The minimum atomic E-state index is -0.998. The van der Waals surface area contributed by atoms with Crippen LogP contribution in [0.5, 0.6) is 0 Å². The van der Waals surface area contributed by atoms with Crippen LogP contribution in [0.15, 0.2) is 16.8 Å². The van der Waals surface area contributed by atoms with E-state index in [-0.39, 0.29) is 18.3 Å². The van der Waals surface area contributed by atoms with Gasteiger partial charge in [-0.25, -0.2) is 4.98 Å². The highest BCUT2D eigenvalue weighted by atomic mass is 35.5. The highest BCUT2D eigenvalue weighted by Gasteiger charge is 2.17. The van der Waals surface area contributed by atoms with Crippen LogP contribution in [0.4, 0.5) is 0 Å². The quantitative estimate of drug-likeness (QED) is 0.879. The standard InChI is InChI=1S/C9H8Cl2N4O2/c10-4-1-5(11)7(13-3-4)8-14-9(17-15-8)6(16)2-12/h1,3,6,16H,2,12H2/t6-/m0/s1. The van der Waals surface area contributed by atoms with E-state index in [4.69, 9.17) is 33.5 Å². The second kappa shape index (κ2) is 4.97. The lowest BCUT2D eigenvalue weighted by molar-refractivity contribution is 0.141. The molecule has 0 amide bonds. The van der Waals surface area contributed by atoms with Gasteiger partial charge >= 0.3 is 0 Å². The molecule has 90 valence electrons. The van der Waals surface area contributed by atoms with Gasteiger partial charge in [0.2, 0.25) is 5.82 Å². The Morgan fingerprint density at radius 3 is 2.88 bits per heavy atom. The van der Waals surface area contributed by atoms with Gasteiger partial charge in [0.15, 0.2) is 0 Å². The summed E-state index contributed by atoms with van der Waals surface area (Å²) in [5.41, 5.74) is 5.59. The molecule has 0 aliphatic carbocycles. The first kappa shape index (κ1) is 12.3. The van der Waals surface area contributed by atoms with Crippen molar-refractivity contribution in [3.63, 3.8) is 0 Å². The smallest absolute Gasteiger partial charge is 0.257 e. The van der Waals surface area contributed by atoms with E-state index in [1.54, 1.807) is 0 Å². The molecule has 0 saturated heterocycles. The first-order chi connectivity index (χ1) is 8.11. The molecule has 0 aliphatic heterocycles. The molecule has 0 bridgehead atoms. The summed E-state index contributed by atoms with van der Waals surface area (Å²) in [6.07, 6.45) is 0.417. The van der Waals surface area contributed by atoms with Gasteiger partial charge in [-0.05, 0) is 6.07 Å². The summed E-state index contributed by atoms with van der Waals surface area (Å²) in [5, 5.41) is 13.8. The van der Waals surface area contributed by atoms with E-state index in [0.717, 1.165) is 0 Å². The number of hydrogen-bond acceptors (Lipinski definition) is 6. The minimum absolute atomic E-state index is 0.0105. The molecule has 0 aliphatic rings. The van der Waals surface area contributed by atoms with Gasteiger partial charge < -0.3 is 15.4 Å². The lowest BCUT2D eigenvalue weighted by Gasteiger charge is -1.99. The Morgan fingerprint density at radius 1 is 1.47 bits per heavy atom. The Hall–Kier alpha value is -1.21. The van der Waals surface area contributed by atoms with Crippen LogP contribution in [0.2, 0.25) is 10.0 Å². The van der Waals surface area contributed by atoms with Crippen LogP contribution in [0.1, 0.15) is 12.0 Å². The van der Waals surface area contributed by atoms with E-state index in [0.29, 0.717) is 15.7 Å². The number of hydrogen-bond donors (Lipinski definition) is 2. The molecule has 2 aromatic heterocycles. The lowest BCUT2D eigenvalue weighted by atomic mass is 10.3. The van der Waals surface area contributed by atoms with Crippen molar-refractivity contribution in [1.82, 2.24) is 15.1 Å². The lowest BCUT2D eigenvalue weighted by Crippen LogP contribution is -2.11. The molecule has 0 fully saturated rings. The Balaban J connectivity index is 2.37.